The van der Waals surface area contributed by atoms with Crippen molar-refractivity contribution in [3.63, 3.8) is 0 Å². The second-order valence-corrected chi connectivity index (χ2v) is 2.13. The molecule has 0 N–H and O–H groups in total. The SMILES string of the molecule is FC(F)COC(F)(F)CC(F)(F)F. The quantitative estimate of drug-likeness (QED) is 0.654. The number of halogens is 7. The Morgan fingerprint density at radius 3 is 1.77 bits per heavy atom. The number of hydrogen-bond donors (Lipinski definition) is 0. The maximum atomic E-state index is 12.0. The van der Waals surface area contributed by atoms with Gasteiger partial charge in [-0.3, -0.25) is 0 Å². The van der Waals surface area contributed by atoms with E-state index >= 15 is 0 Å². The van der Waals surface area contributed by atoms with Gasteiger partial charge in [0.05, 0.1) is 0 Å². The summed E-state index contributed by atoms with van der Waals surface area (Å²) in [5.74, 6) is 0. The van der Waals surface area contributed by atoms with Crippen LogP contribution in [0.1, 0.15) is 6.42 Å². The molecule has 13 heavy (non-hydrogen) atoms. The summed E-state index contributed by atoms with van der Waals surface area (Å²) in [4.78, 5) is 0. The van der Waals surface area contributed by atoms with Crippen molar-refractivity contribution in [2.45, 2.75) is 25.1 Å². The third kappa shape index (κ3) is 7.82. The van der Waals surface area contributed by atoms with E-state index in [1.807, 2.05) is 0 Å². The highest BCUT2D eigenvalue weighted by molar-refractivity contribution is 4.60. The second kappa shape index (κ2) is 4.12. The Morgan fingerprint density at radius 2 is 1.46 bits per heavy atom. The average molecular weight is 214 g/mol. The van der Waals surface area contributed by atoms with Crippen LogP contribution in [0.3, 0.4) is 0 Å². The minimum absolute atomic E-state index is 1.72. The largest absolute Gasteiger partial charge is 0.397 e. The number of ether oxygens (including phenoxy) is 1. The lowest BCUT2D eigenvalue weighted by Crippen LogP contribution is -2.30. The minimum atomic E-state index is -5.15. The van der Waals surface area contributed by atoms with Crippen LogP contribution >= 0.6 is 0 Å². The molecule has 0 aromatic heterocycles. The van der Waals surface area contributed by atoms with E-state index in [0.29, 0.717) is 0 Å². The van der Waals surface area contributed by atoms with Crippen LogP contribution in [-0.2, 0) is 4.74 Å². The fourth-order valence-corrected chi connectivity index (χ4v) is 0.469. The third-order valence-electron chi connectivity index (χ3n) is 0.827. The van der Waals surface area contributed by atoms with Gasteiger partial charge in [0, 0.05) is 0 Å². The zero-order chi connectivity index (χ0) is 10.7. The van der Waals surface area contributed by atoms with Crippen molar-refractivity contribution in [1.29, 1.82) is 0 Å². The van der Waals surface area contributed by atoms with E-state index in [0.717, 1.165) is 0 Å². The molecule has 0 unspecified atom stereocenters. The lowest BCUT2D eigenvalue weighted by Gasteiger charge is -2.17. The first-order valence-electron chi connectivity index (χ1n) is 2.99. The van der Waals surface area contributed by atoms with Crippen LogP contribution in [0.25, 0.3) is 0 Å². The predicted octanol–water partition coefficient (Wildman–Crippen LogP) is 2.81. The van der Waals surface area contributed by atoms with Gasteiger partial charge in [0.1, 0.15) is 13.0 Å². The van der Waals surface area contributed by atoms with Crippen LogP contribution in [0, 0.1) is 0 Å². The lowest BCUT2D eigenvalue weighted by molar-refractivity contribution is -0.299. The van der Waals surface area contributed by atoms with Gasteiger partial charge in [0.25, 0.3) is 6.43 Å². The Morgan fingerprint density at radius 1 is 1.00 bits per heavy atom. The molecule has 0 bridgehead atoms. The zero-order valence-electron chi connectivity index (χ0n) is 6.05. The number of hydrogen-bond acceptors (Lipinski definition) is 1. The molecular formula is C5H5F7O. The maximum absolute atomic E-state index is 12.0. The molecule has 0 saturated carbocycles. The van der Waals surface area contributed by atoms with Crippen LogP contribution in [0.15, 0.2) is 0 Å². The van der Waals surface area contributed by atoms with Crippen molar-refractivity contribution in [1.82, 2.24) is 0 Å². The molecule has 0 aromatic rings. The third-order valence-corrected chi connectivity index (χ3v) is 0.827. The van der Waals surface area contributed by atoms with Crippen molar-refractivity contribution < 1.29 is 35.5 Å². The highest BCUT2D eigenvalue weighted by atomic mass is 19.4. The highest BCUT2D eigenvalue weighted by Crippen LogP contribution is 2.32. The summed E-state index contributed by atoms with van der Waals surface area (Å²) in [5, 5.41) is 0. The Balaban J connectivity index is 3.94. The molecule has 0 atom stereocenters. The molecular weight excluding hydrogens is 209 g/mol. The average Bonchev–Trinajstić information content (AvgIpc) is 1.78. The van der Waals surface area contributed by atoms with E-state index in [2.05, 4.69) is 4.74 Å². The molecule has 0 aliphatic rings. The zero-order valence-corrected chi connectivity index (χ0v) is 6.05. The van der Waals surface area contributed by atoms with E-state index in [9.17, 15) is 30.7 Å². The summed E-state index contributed by atoms with van der Waals surface area (Å²) < 4.78 is 83.6. The lowest BCUT2D eigenvalue weighted by atomic mass is 10.4. The monoisotopic (exact) mass is 214 g/mol. The molecule has 80 valence electrons. The predicted molar refractivity (Wildman–Crippen MR) is 27.6 cm³/mol. The smallest absolute Gasteiger partial charge is 0.314 e. The van der Waals surface area contributed by atoms with Crippen LogP contribution in [0.2, 0.25) is 0 Å². The number of rotatable bonds is 4. The molecule has 0 aromatic carbocycles. The fourth-order valence-electron chi connectivity index (χ4n) is 0.469. The first-order valence-corrected chi connectivity index (χ1v) is 2.99. The van der Waals surface area contributed by atoms with Gasteiger partial charge >= 0.3 is 12.3 Å². The highest BCUT2D eigenvalue weighted by Gasteiger charge is 2.45. The molecule has 0 rings (SSSR count). The fraction of sp³-hybridized carbons (Fsp3) is 1.00. The van der Waals surface area contributed by atoms with E-state index in [1.54, 1.807) is 0 Å². The normalized spacial score (nSPS) is 13.8. The standard InChI is InChI=1S/C5H5F7O/c6-3(7)1-13-5(11,12)2-4(8,9)10/h3H,1-2H2. The van der Waals surface area contributed by atoms with Crippen LogP contribution in [0.4, 0.5) is 30.7 Å². The number of alkyl halides is 7. The van der Waals surface area contributed by atoms with Gasteiger partial charge < -0.3 is 4.74 Å². The molecule has 0 saturated heterocycles. The molecule has 0 heterocycles. The second-order valence-electron chi connectivity index (χ2n) is 2.13. The molecule has 0 amide bonds. The summed E-state index contributed by atoms with van der Waals surface area (Å²) >= 11 is 0. The molecule has 0 aliphatic carbocycles. The van der Waals surface area contributed by atoms with Crippen molar-refractivity contribution in [3.8, 4) is 0 Å². The van der Waals surface area contributed by atoms with Crippen LogP contribution in [0.5, 0.6) is 0 Å². The van der Waals surface area contributed by atoms with E-state index < -0.39 is 31.7 Å². The van der Waals surface area contributed by atoms with Crippen LogP contribution in [-0.4, -0.2) is 25.3 Å². The molecule has 0 spiro atoms. The summed E-state index contributed by atoms with van der Waals surface area (Å²) in [6.07, 6.45) is -15.5. The molecule has 0 fully saturated rings. The van der Waals surface area contributed by atoms with Gasteiger partial charge in [0.15, 0.2) is 0 Å². The molecule has 0 aliphatic heterocycles. The Hall–Kier alpha value is -0.530. The van der Waals surface area contributed by atoms with Crippen LogP contribution < -0.4 is 0 Å². The van der Waals surface area contributed by atoms with Crippen molar-refractivity contribution in [2.24, 2.45) is 0 Å². The Labute approximate surface area is 68.5 Å². The van der Waals surface area contributed by atoms with Gasteiger partial charge in [0.2, 0.25) is 0 Å². The van der Waals surface area contributed by atoms with Crippen molar-refractivity contribution in [3.05, 3.63) is 0 Å². The topological polar surface area (TPSA) is 9.23 Å². The Bertz CT molecular complexity index is 151. The van der Waals surface area contributed by atoms with Crippen molar-refractivity contribution in [2.75, 3.05) is 6.61 Å². The maximum Gasteiger partial charge on any atom is 0.397 e. The van der Waals surface area contributed by atoms with Gasteiger partial charge in [-0.25, -0.2) is 8.78 Å². The van der Waals surface area contributed by atoms with Gasteiger partial charge in [-0.1, -0.05) is 0 Å². The molecule has 8 heteroatoms. The minimum Gasteiger partial charge on any atom is -0.314 e. The molecule has 0 radical (unpaired) electrons. The van der Waals surface area contributed by atoms with Gasteiger partial charge in [-0.2, -0.15) is 22.0 Å². The van der Waals surface area contributed by atoms with E-state index in [-0.39, 0.29) is 0 Å². The summed E-state index contributed by atoms with van der Waals surface area (Å²) in [6, 6.07) is 0. The first-order chi connectivity index (χ1) is 5.62. The molecule has 1 nitrogen and oxygen atoms in total. The summed E-state index contributed by atoms with van der Waals surface area (Å²) in [5.41, 5.74) is 0. The van der Waals surface area contributed by atoms with Crippen molar-refractivity contribution >= 4 is 0 Å². The van der Waals surface area contributed by atoms with Gasteiger partial charge in [-0.15, -0.1) is 0 Å². The Kier molecular flexibility index (Phi) is 3.95. The van der Waals surface area contributed by atoms with Gasteiger partial charge in [-0.05, 0) is 0 Å². The van der Waals surface area contributed by atoms with E-state index in [4.69, 9.17) is 0 Å². The van der Waals surface area contributed by atoms with E-state index in [1.165, 1.54) is 0 Å². The summed E-state index contributed by atoms with van der Waals surface area (Å²) in [7, 11) is 0. The summed E-state index contributed by atoms with van der Waals surface area (Å²) in [6.45, 7) is -1.72. The first kappa shape index (κ1) is 12.5.